The number of anilines is 3. The molecule has 1 amide bonds. The minimum Gasteiger partial charge on any atom is -0.442 e. The number of thiocarbonyl (C=S) groups is 1. The molecule has 2 aliphatic heterocycles. The lowest BCUT2D eigenvalue weighted by atomic mass is 10.2. The highest BCUT2D eigenvalue weighted by molar-refractivity contribution is 7.80. The third-order valence-corrected chi connectivity index (χ3v) is 5.77. The average molecular weight is 446 g/mol. The van der Waals surface area contributed by atoms with Gasteiger partial charge in [-0.15, -0.1) is 0 Å². The number of nitrogens with one attached hydrogen (secondary N) is 1. The molecule has 7 nitrogen and oxygen atoms in total. The molecule has 0 aromatic heterocycles. The normalized spacial score (nSPS) is 19.0. The molecular weight excluding hydrogens is 422 g/mol. The van der Waals surface area contributed by atoms with Gasteiger partial charge < -0.3 is 25.6 Å². The summed E-state index contributed by atoms with van der Waals surface area (Å²) in [6.45, 7) is 4.63. The molecular formula is C21H24ClN5O2S. The van der Waals surface area contributed by atoms with Crippen LogP contribution in [0.2, 0.25) is 5.02 Å². The van der Waals surface area contributed by atoms with Gasteiger partial charge in [0, 0.05) is 48.3 Å². The lowest BCUT2D eigenvalue weighted by Crippen LogP contribution is -2.46. The van der Waals surface area contributed by atoms with Gasteiger partial charge in [-0.2, -0.15) is 0 Å². The van der Waals surface area contributed by atoms with Crippen LogP contribution in [0.4, 0.5) is 21.9 Å². The summed E-state index contributed by atoms with van der Waals surface area (Å²) in [6, 6.07) is 16.0. The Bertz CT molecular complexity index is 901. The number of nitrogens with two attached hydrogens (primary N) is 1. The number of nitrogens with zero attached hydrogens (tertiary/aromatic N) is 3. The van der Waals surface area contributed by atoms with Crippen LogP contribution in [0.3, 0.4) is 0 Å². The third kappa shape index (κ3) is 4.71. The average Bonchev–Trinajstić information content (AvgIpc) is 3.14. The van der Waals surface area contributed by atoms with E-state index in [2.05, 4.69) is 39.4 Å². The van der Waals surface area contributed by atoms with Crippen molar-refractivity contribution >= 4 is 52.1 Å². The maximum absolute atomic E-state index is 12.2. The zero-order chi connectivity index (χ0) is 21.1. The number of rotatable bonds is 5. The van der Waals surface area contributed by atoms with Crippen LogP contribution in [0.25, 0.3) is 0 Å². The summed E-state index contributed by atoms with van der Waals surface area (Å²) in [5.41, 5.74) is 8.60. The monoisotopic (exact) mass is 445 g/mol. The molecule has 2 saturated heterocycles. The molecule has 2 aliphatic rings. The topological polar surface area (TPSA) is 74.1 Å². The molecule has 158 valence electrons. The summed E-state index contributed by atoms with van der Waals surface area (Å²) in [6.07, 6.45) is -0.631. The van der Waals surface area contributed by atoms with Crippen LogP contribution in [0.1, 0.15) is 0 Å². The minimum atomic E-state index is -0.353. The molecule has 0 radical (unpaired) electrons. The summed E-state index contributed by atoms with van der Waals surface area (Å²) in [7, 11) is 0. The first-order chi connectivity index (χ1) is 14.5. The molecule has 0 saturated carbocycles. The summed E-state index contributed by atoms with van der Waals surface area (Å²) < 4.78 is 5.37. The SMILES string of the molecule is NC(=S)NC[C@H]1CN(c2ccc(N3CCN(c4ccc(Cl)cc4)CC3)cc2)C(=O)O1. The number of piperazine rings is 1. The Morgan fingerprint density at radius 2 is 1.50 bits per heavy atom. The molecule has 0 spiro atoms. The highest BCUT2D eigenvalue weighted by Gasteiger charge is 2.32. The van der Waals surface area contributed by atoms with E-state index in [1.54, 1.807) is 4.90 Å². The molecule has 2 heterocycles. The first-order valence-electron chi connectivity index (χ1n) is 9.86. The van der Waals surface area contributed by atoms with E-state index in [-0.39, 0.29) is 17.3 Å². The van der Waals surface area contributed by atoms with Crippen molar-refractivity contribution in [3.8, 4) is 0 Å². The maximum Gasteiger partial charge on any atom is 0.414 e. The smallest absolute Gasteiger partial charge is 0.414 e. The molecule has 0 bridgehead atoms. The van der Waals surface area contributed by atoms with E-state index in [9.17, 15) is 4.79 Å². The number of halogens is 1. The van der Waals surface area contributed by atoms with Crippen LogP contribution in [-0.4, -0.2) is 56.6 Å². The molecule has 2 aromatic carbocycles. The van der Waals surface area contributed by atoms with Crippen molar-refractivity contribution in [2.24, 2.45) is 5.73 Å². The van der Waals surface area contributed by atoms with E-state index in [4.69, 9.17) is 34.3 Å². The van der Waals surface area contributed by atoms with E-state index >= 15 is 0 Å². The standard InChI is InChI=1S/C21H24ClN5O2S/c22-15-1-3-16(4-2-15)25-9-11-26(12-10-25)17-5-7-18(8-6-17)27-14-19(29-21(27)28)13-24-20(23)30/h1-8,19H,9-14H2,(H3,23,24,30)/t19-/m0/s1. The molecule has 1 atom stereocenters. The van der Waals surface area contributed by atoms with Gasteiger partial charge in [-0.3, -0.25) is 4.90 Å². The molecule has 0 aliphatic carbocycles. The van der Waals surface area contributed by atoms with Crippen LogP contribution in [0, 0.1) is 0 Å². The van der Waals surface area contributed by atoms with Crippen molar-refractivity contribution in [2.75, 3.05) is 54.0 Å². The Morgan fingerprint density at radius 3 is 2.03 bits per heavy atom. The van der Waals surface area contributed by atoms with E-state index in [0.717, 1.165) is 42.6 Å². The van der Waals surface area contributed by atoms with E-state index in [0.29, 0.717) is 13.1 Å². The first kappa shape index (κ1) is 20.6. The van der Waals surface area contributed by atoms with E-state index < -0.39 is 0 Å². The number of cyclic esters (lactones) is 1. The van der Waals surface area contributed by atoms with Crippen LogP contribution in [0.15, 0.2) is 48.5 Å². The number of amides is 1. The summed E-state index contributed by atoms with van der Waals surface area (Å²) >= 11 is 10.8. The van der Waals surface area contributed by atoms with Gasteiger partial charge in [-0.25, -0.2) is 4.79 Å². The molecule has 3 N–H and O–H groups in total. The number of ether oxygens (including phenoxy) is 1. The van der Waals surface area contributed by atoms with Crippen LogP contribution >= 0.6 is 23.8 Å². The number of carbonyl (C=O) groups excluding carboxylic acids is 1. The van der Waals surface area contributed by atoms with Crippen molar-refractivity contribution < 1.29 is 9.53 Å². The highest BCUT2D eigenvalue weighted by Crippen LogP contribution is 2.26. The van der Waals surface area contributed by atoms with Crippen molar-refractivity contribution in [2.45, 2.75) is 6.10 Å². The molecule has 2 fully saturated rings. The largest absolute Gasteiger partial charge is 0.442 e. The van der Waals surface area contributed by atoms with E-state index in [1.165, 1.54) is 5.69 Å². The molecule has 9 heteroatoms. The quantitative estimate of drug-likeness (QED) is 0.685. The highest BCUT2D eigenvalue weighted by atomic mass is 35.5. The van der Waals surface area contributed by atoms with Gasteiger partial charge in [-0.1, -0.05) is 11.6 Å². The number of carbonyl (C=O) groups is 1. The van der Waals surface area contributed by atoms with Gasteiger partial charge in [0.1, 0.15) is 6.10 Å². The number of hydrogen-bond acceptors (Lipinski definition) is 5. The molecule has 0 unspecified atom stereocenters. The van der Waals surface area contributed by atoms with Gasteiger partial charge in [-0.05, 0) is 60.7 Å². The molecule has 4 rings (SSSR count). The van der Waals surface area contributed by atoms with Crippen LogP contribution in [0.5, 0.6) is 0 Å². The van der Waals surface area contributed by atoms with E-state index in [1.807, 2.05) is 24.3 Å². The summed E-state index contributed by atoms with van der Waals surface area (Å²) in [5, 5.41) is 3.79. The fourth-order valence-electron chi connectivity index (χ4n) is 3.77. The second-order valence-corrected chi connectivity index (χ2v) is 8.20. The fourth-order valence-corrected chi connectivity index (χ4v) is 3.98. The molecule has 30 heavy (non-hydrogen) atoms. The first-order valence-corrected chi connectivity index (χ1v) is 10.7. The predicted octanol–water partition coefficient (Wildman–Crippen LogP) is 2.83. The Kier molecular flexibility index (Phi) is 6.15. The van der Waals surface area contributed by atoms with Gasteiger partial charge >= 0.3 is 6.09 Å². The van der Waals surface area contributed by atoms with Crippen molar-refractivity contribution in [1.82, 2.24) is 5.32 Å². The van der Waals surface area contributed by atoms with Gasteiger partial charge in [0.05, 0.1) is 13.1 Å². The maximum atomic E-state index is 12.2. The van der Waals surface area contributed by atoms with Crippen molar-refractivity contribution in [1.29, 1.82) is 0 Å². The zero-order valence-corrected chi connectivity index (χ0v) is 18.0. The van der Waals surface area contributed by atoms with Crippen LogP contribution in [-0.2, 0) is 4.74 Å². The minimum absolute atomic E-state index is 0.199. The van der Waals surface area contributed by atoms with Crippen molar-refractivity contribution in [3.63, 3.8) is 0 Å². The fraction of sp³-hybridized carbons (Fsp3) is 0.333. The van der Waals surface area contributed by atoms with Crippen molar-refractivity contribution in [3.05, 3.63) is 53.6 Å². The van der Waals surface area contributed by atoms with Gasteiger partial charge in [0.15, 0.2) is 5.11 Å². The Balaban J connectivity index is 1.33. The van der Waals surface area contributed by atoms with Crippen LogP contribution < -0.4 is 25.8 Å². The second-order valence-electron chi connectivity index (χ2n) is 7.33. The number of hydrogen-bond donors (Lipinski definition) is 2. The summed E-state index contributed by atoms with van der Waals surface area (Å²) in [4.78, 5) is 18.5. The Labute approximate surface area is 186 Å². The Hall–Kier alpha value is -2.71. The second kappa shape index (κ2) is 8.97. The lowest BCUT2D eigenvalue weighted by molar-refractivity contribution is 0.143. The third-order valence-electron chi connectivity index (χ3n) is 5.38. The number of benzene rings is 2. The zero-order valence-electron chi connectivity index (χ0n) is 16.5. The predicted molar refractivity (Wildman–Crippen MR) is 125 cm³/mol. The van der Waals surface area contributed by atoms with Gasteiger partial charge in [0.25, 0.3) is 0 Å². The van der Waals surface area contributed by atoms with Gasteiger partial charge in [0.2, 0.25) is 0 Å². The molecule has 2 aromatic rings. The summed E-state index contributed by atoms with van der Waals surface area (Å²) in [5.74, 6) is 0. The Morgan fingerprint density at radius 1 is 1.00 bits per heavy atom. The lowest BCUT2D eigenvalue weighted by Gasteiger charge is -2.37.